The number of hydrogen-bond acceptors (Lipinski definition) is 6. The summed E-state index contributed by atoms with van der Waals surface area (Å²) >= 11 is 1.86. The molecule has 0 radical (unpaired) electrons. The first-order valence-electron chi connectivity index (χ1n) is 5.64. The van der Waals surface area contributed by atoms with E-state index in [0.717, 1.165) is 18.0 Å². The summed E-state index contributed by atoms with van der Waals surface area (Å²) in [6.07, 6.45) is 3.31. The van der Waals surface area contributed by atoms with E-state index < -0.39 is 6.10 Å². The Bertz CT molecular complexity index is 326. The zero-order chi connectivity index (χ0) is 11.4. The van der Waals surface area contributed by atoms with Crippen LogP contribution in [0.2, 0.25) is 0 Å². The van der Waals surface area contributed by atoms with Crippen LogP contribution in [0.15, 0.2) is 4.52 Å². The smallest absolute Gasteiger partial charge is 0.255 e. The van der Waals surface area contributed by atoms with Crippen LogP contribution < -0.4 is 5.73 Å². The molecular formula is C10H17N3O2S. The second kappa shape index (κ2) is 5.65. The molecular weight excluding hydrogens is 226 g/mol. The Morgan fingerprint density at radius 1 is 1.56 bits per heavy atom. The molecule has 0 bridgehead atoms. The van der Waals surface area contributed by atoms with Gasteiger partial charge in [-0.05, 0) is 31.6 Å². The number of rotatable bonds is 4. The normalized spacial score (nSPS) is 23.2. The summed E-state index contributed by atoms with van der Waals surface area (Å²) in [7, 11) is 0. The zero-order valence-corrected chi connectivity index (χ0v) is 9.95. The van der Waals surface area contributed by atoms with Crippen molar-refractivity contribution >= 4 is 11.8 Å². The molecule has 1 unspecified atom stereocenters. The summed E-state index contributed by atoms with van der Waals surface area (Å²) in [5.41, 5.74) is 5.36. The van der Waals surface area contributed by atoms with Crippen molar-refractivity contribution < 1.29 is 9.63 Å². The molecule has 2 atom stereocenters. The molecule has 0 amide bonds. The molecule has 1 aromatic heterocycles. The molecule has 0 aromatic carbocycles. The molecule has 1 aliphatic rings. The maximum absolute atomic E-state index is 9.65. The maximum Gasteiger partial charge on any atom is 0.255 e. The van der Waals surface area contributed by atoms with E-state index >= 15 is 0 Å². The highest BCUT2D eigenvalue weighted by molar-refractivity contribution is 7.99. The number of aliphatic hydroxyl groups is 1. The standard InChI is InChI=1S/C10H17N3O2S/c11-5-4-7(14)10-12-9(13-15-10)8-3-1-2-6-16-8/h7-8,14H,1-6,11H2/t7-,8?/m0/s1. The zero-order valence-electron chi connectivity index (χ0n) is 9.13. The molecule has 0 saturated carbocycles. The number of nitrogens with zero attached hydrogens (tertiary/aromatic N) is 2. The molecule has 5 nitrogen and oxygen atoms in total. The van der Waals surface area contributed by atoms with Gasteiger partial charge in [-0.3, -0.25) is 0 Å². The molecule has 2 rings (SSSR count). The van der Waals surface area contributed by atoms with Gasteiger partial charge in [0.1, 0.15) is 6.10 Å². The Balaban J connectivity index is 2.00. The topological polar surface area (TPSA) is 85.2 Å². The lowest BCUT2D eigenvalue weighted by atomic mass is 10.2. The van der Waals surface area contributed by atoms with Crippen molar-refractivity contribution in [1.29, 1.82) is 0 Å². The maximum atomic E-state index is 9.65. The van der Waals surface area contributed by atoms with E-state index in [1.165, 1.54) is 12.8 Å². The van der Waals surface area contributed by atoms with E-state index in [9.17, 15) is 5.11 Å². The van der Waals surface area contributed by atoms with Crippen molar-refractivity contribution in [2.45, 2.75) is 37.0 Å². The summed E-state index contributed by atoms with van der Waals surface area (Å²) in [5, 5.41) is 13.9. The van der Waals surface area contributed by atoms with E-state index in [1.54, 1.807) is 0 Å². The van der Waals surface area contributed by atoms with Crippen LogP contribution >= 0.6 is 11.8 Å². The highest BCUT2D eigenvalue weighted by Gasteiger charge is 2.23. The van der Waals surface area contributed by atoms with E-state index in [0.29, 0.717) is 24.1 Å². The van der Waals surface area contributed by atoms with Crippen molar-refractivity contribution in [3.05, 3.63) is 11.7 Å². The van der Waals surface area contributed by atoms with Crippen LogP contribution in [0.3, 0.4) is 0 Å². The van der Waals surface area contributed by atoms with Gasteiger partial charge >= 0.3 is 0 Å². The van der Waals surface area contributed by atoms with E-state index in [4.69, 9.17) is 10.3 Å². The molecule has 3 N–H and O–H groups in total. The number of nitrogens with two attached hydrogens (primary N) is 1. The lowest BCUT2D eigenvalue weighted by Gasteiger charge is -2.17. The minimum absolute atomic E-state index is 0.298. The summed E-state index contributed by atoms with van der Waals surface area (Å²) in [5.74, 6) is 2.17. The summed E-state index contributed by atoms with van der Waals surface area (Å²) in [6.45, 7) is 0.414. The lowest BCUT2D eigenvalue weighted by molar-refractivity contribution is 0.127. The highest BCUT2D eigenvalue weighted by Crippen LogP contribution is 2.37. The van der Waals surface area contributed by atoms with Crippen LogP contribution in [0.5, 0.6) is 0 Å². The van der Waals surface area contributed by atoms with Gasteiger partial charge in [0.05, 0.1) is 5.25 Å². The first kappa shape index (κ1) is 11.9. The second-order valence-corrected chi connectivity index (χ2v) is 5.25. The van der Waals surface area contributed by atoms with Crippen LogP contribution in [0, 0.1) is 0 Å². The van der Waals surface area contributed by atoms with Crippen molar-refractivity contribution in [2.24, 2.45) is 5.73 Å². The Labute approximate surface area is 98.8 Å². The van der Waals surface area contributed by atoms with Gasteiger partial charge in [0, 0.05) is 0 Å². The Kier molecular flexibility index (Phi) is 4.20. The van der Waals surface area contributed by atoms with E-state index in [2.05, 4.69) is 10.1 Å². The van der Waals surface area contributed by atoms with Crippen molar-refractivity contribution in [1.82, 2.24) is 10.1 Å². The van der Waals surface area contributed by atoms with Crippen LogP contribution in [0.1, 0.15) is 48.8 Å². The van der Waals surface area contributed by atoms with Gasteiger partial charge < -0.3 is 15.4 Å². The minimum Gasteiger partial charge on any atom is -0.383 e. The molecule has 16 heavy (non-hydrogen) atoms. The molecule has 2 heterocycles. The number of aliphatic hydroxyl groups excluding tert-OH is 1. The second-order valence-electron chi connectivity index (χ2n) is 3.94. The van der Waals surface area contributed by atoms with Crippen LogP contribution in [-0.2, 0) is 0 Å². The Morgan fingerprint density at radius 2 is 2.44 bits per heavy atom. The number of aromatic nitrogens is 2. The average molecular weight is 243 g/mol. The predicted molar refractivity (Wildman–Crippen MR) is 62.0 cm³/mol. The van der Waals surface area contributed by atoms with Crippen LogP contribution in [-0.4, -0.2) is 27.5 Å². The SMILES string of the molecule is NCC[C@H](O)c1nc(C2CCCCS2)no1. The predicted octanol–water partition coefficient (Wildman–Crippen LogP) is 1.41. The average Bonchev–Trinajstić information content (AvgIpc) is 2.80. The molecule has 0 aliphatic carbocycles. The minimum atomic E-state index is -0.722. The van der Waals surface area contributed by atoms with E-state index in [-0.39, 0.29) is 0 Å². The van der Waals surface area contributed by atoms with Crippen LogP contribution in [0.4, 0.5) is 0 Å². The Morgan fingerprint density at radius 3 is 3.12 bits per heavy atom. The molecule has 6 heteroatoms. The molecule has 1 fully saturated rings. The van der Waals surface area contributed by atoms with Crippen molar-refractivity contribution in [2.75, 3.05) is 12.3 Å². The molecule has 0 spiro atoms. The third-order valence-corrected chi connectivity index (χ3v) is 4.02. The molecule has 1 saturated heterocycles. The van der Waals surface area contributed by atoms with Gasteiger partial charge in [-0.15, -0.1) is 0 Å². The van der Waals surface area contributed by atoms with Gasteiger partial charge in [-0.2, -0.15) is 16.7 Å². The van der Waals surface area contributed by atoms with Crippen LogP contribution in [0.25, 0.3) is 0 Å². The van der Waals surface area contributed by atoms with E-state index in [1.807, 2.05) is 11.8 Å². The lowest BCUT2D eigenvalue weighted by Crippen LogP contribution is -2.08. The van der Waals surface area contributed by atoms with Crippen molar-refractivity contribution in [3.8, 4) is 0 Å². The largest absolute Gasteiger partial charge is 0.383 e. The third-order valence-electron chi connectivity index (χ3n) is 2.65. The molecule has 90 valence electrons. The fourth-order valence-electron chi connectivity index (χ4n) is 1.74. The third kappa shape index (κ3) is 2.75. The first-order chi connectivity index (χ1) is 7.81. The van der Waals surface area contributed by atoms with Gasteiger partial charge in [0.2, 0.25) is 0 Å². The molecule has 1 aliphatic heterocycles. The fraction of sp³-hybridized carbons (Fsp3) is 0.800. The number of thioether (sulfide) groups is 1. The monoisotopic (exact) mass is 243 g/mol. The van der Waals surface area contributed by atoms with Gasteiger partial charge in [-0.1, -0.05) is 11.6 Å². The van der Waals surface area contributed by atoms with Gasteiger partial charge in [-0.25, -0.2) is 0 Å². The molecule has 1 aromatic rings. The van der Waals surface area contributed by atoms with Crippen molar-refractivity contribution in [3.63, 3.8) is 0 Å². The summed E-state index contributed by atoms with van der Waals surface area (Å²) in [4.78, 5) is 4.25. The van der Waals surface area contributed by atoms with Gasteiger partial charge in [0.25, 0.3) is 5.89 Å². The summed E-state index contributed by atoms with van der Waals surface area (Å²) < 4.78 is 5.05. The number of hydrogen-bond donors (Lipinski definition) is 2. The highest BCUT2D eigenvalue weighted by atomic mass is 32.2. The fourth-order valence-corrected chi connectivity index (χ4v) is 2.97. The summed E-state index contributed by atoms with van der Waals surface area (Å²) in [6, 6.07) is 0. The Hall–Kier alpha value is -0.590. The quantitative estimate of drug-likeness (QED) is 0.831. The van der Waals surface area contributed by atoms with Gasteiger partial charge in [0.15, 0.2) is 5.82 Å². The first-order valence-corrected chi connectivity index (χ1v) is 6.69.